The third kappa shape index (κ3) is 4.70. The van der Waals surface area contributed by atoms with Crippen molar-refractivity contribution in [1.82, 2.24) is 10.2 Å². The largest absolute Gasteiger partial charge is 0.497 e. The van der Waals surface area contributed by atoms with Crippen LogP contribution in [0.15, 0.2) is 24.3 Å². The Morgan fingerprint density at radius 2 is 1.84 bits per heavy atom. The van der Waals surface area contributed by atoms with Crippen molar-refractivity contribution in [3.05, 3.63) is 24.3 Å². The van der Waals surface area contributed by atoms with Gasteiger partial charge in [-0.2, -0.15) is 0 Å². The number of benzene rings is 1. The lowest BCUT2D eigenvalue weighted by Gasteiger charge is -2.29. The number of aliphatic hydroxyl groups excluding tert-OH is 1. The molecule has 1 aliphatic rings. The smallest absolute Gasteiger partial charge is 0.119 e. The number of hydrogen-bond donors (Lipinski definition) is 2. The Morgan fingerprint density at radius 3 is 2.47 bits per heavy atom. The van der Waals surface area contributed by atoms with Gasteiger partial charge in [-0.1, -0.05) is 0 Å². The Hall–Kier alpha value is -1.30. The fourth-order valence-electron chi connectivity index (χ4n) is 2.11. The third-order valence-corrected chi connectivity index (χ3v) is 3.18. The number of piperazine rings is 1. The molecule has 1 aliphatic heterocycles. The van der Waals surface area contributed by atoms with E-state index in [1.165, 1.54) is 0 Å². The first kappa shape index (κ1) is 14.1. The lowest BCUT2D eigenvalue weighted by Crippen LogP contribution is -2.47. The summed E-state index contributed by atoms with van der Waals surface area (Å²) in [5, 5.41) is 13.2. The van der Waals surface area contributed by atoms with Gasteiger partial charge in [-0.15, -0.1) is 0 Å². The molecule has 1 fully saturated rings. The minimum Gasteiger partial charge on any atom is -0.497 e. The molecule has 2 N–H and O–H groups in total. The van der Waals surface area contributed by atoms with E-state index in [1.807, 2.05) is 24.3 Å². The summed E-state index contributed by atoms with van der Waals surface area (Å²) in [5.74, 6) is 1.55. The predicted octanol–water partition coefficient (Wildman–Crippen LogP) is 0.340. The molecule has 19 heavy (non-hydrogen) atoms. The molecule has 0 saturated carbocycles. The first-order valence-corrected chi connectivity index (χ1v) is 6.66. The van der Waals surface area contributed by atoms with Crippen LogP contribution in [0, 0.1) is 0 Å². The zero-order valence-electron chi connectivity index (χ0n) is 11.3. The van der Waals surface area contributed by atoms with E-state index < -0.39 is 6.10 Å². The Kier molecular flexibility index (Phi) is 5.44. The summed E-state index contributed by atoms with van der Waals surface area (Å²) in [7, 11) is 1.63. The minimum atomic E-state index is -0.458. The van der Waals surface area contributed by atoms with Gasteiger partial charge in [0.1, 0.15) is 24.2 Å². The number of methoxy groups -OCH3 is 1. The van der Waals surface area contributed by atoms with E-state index in [0.29, 0.717) is 13.2 Å². The molecular formula is C14H22N2O3. The van der Waals surface area contributed by atoms with Crippen LogP contribution in [-0.4, -0.2) is 62.6 Å². The number of ether oxygens (including phenoxy) is 2. The van der Waals surface area contributed by atoms with E-state index in [2.05, 4.69) is 10.2 Å². The topological polar surface area (TPSA) is 54.0 Å². The molecule has 0 radical (unpaired) electrons. The molecule has 1 aromatic rings. The Balaban J connectivity index is 1.71. The Morgan fingerprint density at radius 1 is 1.21 bits per heavy atom. The summed E-state index contributed by atoms with van der Waals surface area (Å²) in [6.45, 7) is 4.94. The van der Waals surface area contributed by atoms with Crippen molar-refractivity contribution in [2.75, 3.05) is 46.4 Å². The molecule has 5 nitrogen and oxygen atoms in total. The van der Waals surface area contributed by atoms with Crippen LogP contribution in [-0.2, 0) is 0 Å². The maximum absolute atomic E-state index is 9.95. The van der Waals surface area contributed by atoms with Crippen molar-refractivity contribution in [3.63, 3.8) is 0 Å². The molecule has 0 amide bonds. The van der Waals surface area contributed by atoms with Crippen LogP contribution in [0.3, 0.4) is 0 Å². The summed E-state index contributed by atoms with van der Waals surface area (Å²) in [6.07, 6.45) is -0.458. The maximum atomic E-state index is 9.95. The third-order valence-electron chi connectivity index (χ3n) is 3.18. The molecule has 0 unspecified atom stereocenters. The van der Waals surface area contributed by atoms with Crippen LogP contribution in [0.25, 0.3) is 0 Å². The van der Waals surface area contributed by atoms with E-state index >= 15 is 0 Å². The number of β-amino-alcohol motifs (C(OH)–C–C–N with tert-alkyl or cyclic N) is 1. The second-order valence-electron chi connectivity index (χ2n) is 4.69. The predicted molar refractivity (Wildman–Crippen MR) is 73.8 cm³/mol. The standard InChI is InChI=1S/C14H22N2O3/c1-18-13-2-4-14(5-3-13)19-11-12(17)10-16-8-6-15-7-9-16/h2-5,12,15,17H,6-11H2,1H3/t12-/m0/s1. The molecular weight excluding hydrogens is 244 g/mol. The van der Waals surface area contributed by atoms with Gasteiger partial charge in [0, 0.05) is 32.7 Å². The molecule has 0 spiro atoms. The summed E-state index contributed by atoms with van der Waals surface area (Å²) in [5.41, 5.74) is 0. The summed E-state index contributed by atoms with van der Waals surface area (Å²) in [6, 6.07) is 7.38. The van der Waals surface area contributed by atoms with E-state index in [1.54, 1.807) is 7.11 Å². The fourth-order valence-corrected chi connectivity index (χ4v) is 2.11. The first-order valence-electron chi connectivity index (χ1n) is 6.66. The minimum absolute atomic E-state index is 0.316. The van der Waals surface area contributed by atoms with E-state index in [9.17, 15) is 5.11 Å². The summed E-state index contributed by atoms with van der Waals surface area (Å²) in [4.78, 5) is 2.25. The van der Waals surface area contributed by atoms with Crippen molar-refractivity contribution in [2.45, 2.75) is 6.10 Å². The highest BCUT2D eigenvalue weighted by Gasteiger charge is 2.14. The summed E-state index contributed by atoms with van der Waals surface area (Å²) < 4.78 is 10.6. The molecule has 1 atom stereocenters. The lowest BCUT2D eigenvalue weighted by molar-refractivity contribution is 0.0641. The van der Waals surface area contributed by atoms with Crippen LogP contribution in [0.5, 0.6) is 11.5 Å². The maximum Gasteiger partial charge on any atom is 0.119 e. The van der Waals surface area contributed by atoms with E-state index in [-0.39, 0.29) is 0 Å². The SMILES string of the molecule is COc1ccc(OC[C@@H](O)CN2CCNCC2)cc1. The highest BCUT2D eigenvalue weighted by Crippen LogP contribution is 2.17. The van der Waals surface area contributed by atoms with Crippen molar-refractivity contribution < 1.29 is 14.6 Å². The molecule has 2 rings (SSSR count). The zero-order chi connectivity index (χ0) is 13.5. The van der Waals surface area contributed by atoms with Gasteiger partial charge in [-0.25, -0.2) is 0 Å². The van der Waals surface area contributed by atoms with Crippen molar-refractivity contribution in [3.8, 4) is 11.5 Å². The number of nitrogens with one attached hydrogen (secondary N) is 1. The van der Waals surface area contributed by atoms with Crippen LogP contribution < -0.4 is 14.8 Å². The first-order chi connectivity index (χ1) is 9.28. The van der Waals surface area contributed by atoms with Crippen molar-refractivity contribution in [2.24, 2.45) is 0 Å². The number of rotatable bonds is 6. The fraction of sp³-hybridized carbons (Fsp3) is 0.571. The van der Waals surface area contributed by atoms with Crippen LogP contribution >= 0.6 is 0 Å². The monoisotopic (exact) mass is 266 g/mol. The molecule has 0 bridgehead atoms. The molecule has 1 heterocycles. The van der Waals surface area contributed by atoms with Gasteiger partial charge < -0.3 is 19.9 Å². The van der Waals surface area contributed by atoms with Crippen LogP contribution in [0.2, 0.25) is 0 Å². The Labute approximate surface area is 114 Å². The van der Waals surface area contributed by atoms with Gasteiger partial charge in [0.05, 0.1) is 7.11 Å². The molecule has 1 aromatic carbocycles. The van der Waals surface area contributed by atoms with Gasteiger partial charge >= 0.3 is 0 Å². The van der Waals surface area contributed by atoms with E-state index in [0.717, 1.165) is 37.7 Å². The average Bonchev–Trinajstić information content (AvgIpc) is 2.47. The Bertz CT molecular complexity index is 363. The molecule has 5 heteroatoms. The second kappa shape index (κ2) is 7.33. The van der Waals surface area contributed by atoms with Crippen molar-refractivity contribution in [1.29, 1.82) is 0 Å². The number of nitrogens with zero attached hydrogens (tertiary/aromatic N) is 1. The average molecular weight is 266 g/mol. The van der Waals surface area contributed by atoms with Crippen LogP contribution in [0.4, 0.5) is 0 Å². The van der Waals surface area contributed by atoms with Crippen LogP contribution in [0.1, 0.15) is 0 Å². The molecule has 1 saturated heterocycles. The van der Waals surface area contributed by atoms with Crippen molar-refractivity contribution >= 4 is 0 Å². The zero-order valence-corrected chi connectivity index (χ0v) is 11.3. The van der Waals surface area contributed by atoms with Gasteiger partial charge in [-0.3, -0.25) is 4.90 Å². The highest BCUT2D eigenvalue weighted by molar-refractivity contribution is 5.31. The quantitative estimate of drug-likeness (QED) is 0.777. The highest BCUT2D eigenvalue weighted by atomic mass is 16.5. The van der Waals surface area contributed by atoms with Gasteiger partial charge in [0.25, 0.3) is 0 Å². The van der Waals surface area contributed by atoms with E-state index in [4.69, 9.17) is 9.47 Å². The molecule has 106 valence electrons. The second-order valence-corrected chi connectivity index (χ2v) is 4.69. The number of aliphatic hydroxyl groups is 1. The number of hydrogen-bond acceptors (Lipinski definition) is 5. The van der Waals surface area contributed by atoms with Gasteiger partial charge in [0.15, 0.2) is 0 Å². The van der Waals surface area contributed by atoms with Gasteiger partial charge in [-0.05, 0) is 24.3 Å². The molecule has 0 aliphatic carbocycles. The van der Waals surface area contributed by atoms with Gasteiger partial charge in [0.2, 0.25) is 0 Å². The summed E-state index contributed by atoms with van der Waals surface area (Å²) >= 11 is 0. The normalized spacial score (nSPS) is 18.0. The molecule has 0 aromatic heterocycles. The lowest BCUT2D eigenvalue weighted by atomic mass is 10.3.